The fourth-order valence-corrected chi connectivity index (χ4v) is 4.07. The maximum absolute atomic E-state index is 13.1. The van der Waals surface area contributed by atoms with Crippen molar-refractivity contribution >= 4 is 34.3 Å². The lowest BCUT2D eigenvalue weighted by Gasteiger charge is -2.20. The Hall–Kier alpha value is -2.60. The molecular weight excluding hydrogens is 382 g/mol. The summed E-state index contributed by atoms with van der Waals surface area (Å²) in [6, 6.07) is 15.2. The number of nitrogens with zero attached hydrogens (tertiary/aromatic N) is 2. The zero-order valence-electron chi connectivity index (χ0n) is 17.3. The van der Waals surface area contributed by atoms with Crippen LogP contribution in [0.25, 0.3) is 10.9 Å². The molecule has 5 nitrogen and oxygen atoms in total. The molecule has 0 bridgehead atoms. The number of rotatable bonds is 7. The summed E-state index contributed by atoms with van der Waals surface area (Å²) < 4.78 is 1.72. The SMILES string of the molecule is CCc1ccc(NC(=O)[C@H](C)Sc2nc3ccccc3c(=O)n2[C@H](C)CC)cc1. The third-order valence-corrected chi connectivity index (χ3v) is 6.15. The van der Waals surface area contributed by atoms with Crippen molar-refractivity contribution < 1.29 is 4.79 Å². The molecule has 1 heterocycles. The number of hydrogen-bond acceptors (Lipinski definition) is 4. The van der Waals surface area contributed by atoms with Gasteiger partial charge in [0.25, 0.3) is 5.56 Å². The molecule has 1 amide bonds. The molecule has 2 aromatic carbocycles. The zero-order chi connectivity index (χ0) is 21.0. The van der Waals surface area contributed by atoms with Gasteiger partial charge in [-0.2, -0.15) is 0 Å². The van der Waals surface area contributed by atoms with Crippen LogP contribution in [-0.4, -0.2) is 20.7 Å². The minimum atomic E-state index is -0.399. The molecule has 6 heteroatoms. The number of para-hydroxylation sites is 1. The normalized spacial score (nSPS) is 13.2. The predicted octanol–water partition coefficient (Wildman–Crippen LogP) is 5.05. The van der Waals surface area contributed by atoms with Crippen LogP contribution < -0.4 is 10.9 Å². The maximum Gasteiger partial charge on any atom is 0.262 e. The van der Waals surface area contributed by atoms with E-state index in [9.17, 15) is 9.59 Å². The lowest BCUT2D eigenvalue weighted by molar-refractivity contribution is -0.115. The van der Waals surface area contributed by atoms with Crippen molar-refractivity contribution in [1.82, 2.24) is 9.55 Å². The largest absolute Gasteiger partial charge is 0.325 e. The van der Waals surface area contributed by atoms with Crippen molar-refractivity contribution in [1.29, 1.82) is 0 Å². The Bertz CT molecular complexity index is 1060. The van der Waals surface area contributed by atoms with E-state index < -0.39 is 5.25 Å². The Morgan fingerprint density at radius 3 is 2.45 bits per heavy atom. The van der Waals surface area contributed by atoms with Gasteiger partial charge in [-0.1, -0.05) is 49.9 Å². The quantitative estimate of drug-likeness (QED) is 0.438. The molecule has 1 aromatic heterocycles. The number of hydrogen-bond donors (Lipinski definition) is 1. The first kappa shape index (κ1) is 21.1. The molecule has 0 spiro atoms. The first-order chi connectivity index (χ1) is 13.9. The van der Waals surface area contributed by atoms with Crippen LogP contribution in [0.3, 0.4) is 0 Å². The summed E-state index contributed by atoms with van der Waals surface area (Å²) in [6.45, 7) is 7.97. The third kappa shape index (κ3) is 4.70. The van der Waals surface area contributed by atoms with Gasteiger partial charge in [0.15, 0.2) is 5.16 Å². The molecule has 0 aliphatic heterocycles. The summed E-state index contributed by atoms with van der Waals surface area (Å²) >= 11 is 1.32. The minimum absolute atomic E-state index is 0.000967. The topological polar surface area (TPSA) is 64.0 Å². The first-order valence-electron chi connectivity index (χ1n) is 10.0. The highest BCUT2D eigenvalue weighted by Gasteiger charge is 2.21. The average Bonchev–Trinajstić information content (AvgIpc) is 2.74. The van der Waals surface area contributed by atoms with Gasteiger partial charge in [-0.05, 0) is 56.5 Å². The van der Waals surface area contributed by atoms with Crippen LogP contribution in [-0.2, 0) is 11.2 Å². The summed E-state index contributed by atoms with van der Waals surface area (Å²) in [4.78, 5) is 30.5. The van der Waals surface area contributed by atoms with Crippen molar-refractivity contribution in [2.75, 3.05) is 5.32 Å². The molecule has 2 atom stereocenters. The van der Waals surface area contributed by atoms with Gasteiger partial charge >= 0.3 is 0 Å². The summed E-state index contributed by atoms with van der Waals surface area (Å²) in [5, 5.41) is 3.73. The molecule has 0 unspecified atom stereocenters. The molecule has 0 fully saturated rings. The van der Waals surface area contributed by atoms with Crippen molar-refractivity contribution in [2.45, 2.75) is 57.0 Å². The number of fused-ring (bicyclic) bond motifs is 1. The number of carbonyl (C=O) groups excluding carboxylic acids is 1. The van der Waals surface area contributed by atoms with Crippen LogP contribution in [0.5, 0.6) is 0 Å². The second kappa shape index (κ2) is 9.27. The van der Waals surface area contributed by atoms with Gasteiger partial charge in [0.2, 0.25) is 5.91 Å². The van der Waals surface area contributed by atoms with Gasteiger partial charge < -0.3 is 5.32 Å². The van der Waals surface area contributed by atoms with Gasteiger partial charge in [0, 0.05) is 11.7 Å². The standard InChI is InChI=1S/C23H27N3O2S/c1-5-15(3)26-22(28)19-9-7-8-10-20(19)25-23(26)29-16(4)21(27)24-18-13-11-17(6-2)12-14-18/h7-16H,5-6H2,1-4H3,(H,24,27)/t15-,16+/m1/s1. The maximum atomic E-state index is 13.1. The third-order valence-electron chi connectivity index (χ3n) is 5.09. The predicted molar refractivity (Wildman–Crippen MR) is 121 cm³/mol. The van der Waals surface area contributed by atoms with Crippen molar-refractivity contribution in [2.24, 2.45) is 0 Å². The van der Waals surface area contributed by atoms with E-state index in [0.717, 1.165) is 18.5 Å². The molecule has 3 aromatic rings. The van der Waals surface area contributed by atoms with E-state index in [1.807, 2.05) is 63.2 Å². The summed E-state index contributed by atoms with van der Waals surface area (Å²) in [7, 11) is 0. The monoisotopic (exact) mass is 409 g/mol. The van der Waals surface area contributed by atoms with E-state index in [-0.39, 0.29) is 17.5 Å². The molecule has 0 saturated heterocycles. The number of nitrogens with one attached hydrogen (secondary N) is 1. The lowest BCUT2D eigenvalue weighted by atomic mass is 10.1. The molecule has 1 N–H and O–H groups in total. The van der Waals surface area contributed by atoms with Crippen molar-refractivity contribution in [3.05, 3.63) is 64.4 Å². The van der Waals surface area contributed by atoms with E-state index in [1.165, 1.54) is 17.3 Å². The van der Waals surface area contributed by atoms with Crippen LogP contribution in [0.2, 0.25) is 0 Å². The molecule has 152 valence electrons. The van der Waals surface area contributed by atoms with Gasteiger partial charge in [-0.25, -0.2) is 4.98 Å². The Labute approximate surface area is 175 Å². The summed E-state index contributed by atoms with van der Waals surface area (Å²) in [5.41, 5.74) is 2.59. The average molecular weight is 410 g/mol. The number of benzene rings is 2. The first-order valence-corrected chi connectivity index (χ1v) is 10.9. The molecule has 0 aliphatic rings. The number of carbonyl (C=O) groups is 1. The van der Waals surface area contributed by atoms with E-state index in [0.29, 0.717) is 16.1 Å². The van der Waals surface area contributed by atoms with Gasteiger partial charge in [-0.3, -0.25) is 14.2 Å². The highest BCUT2D eigenvalue weighted by atomic mass is 32.2. The lowest BCUT2D eigenvalue weighted by Crippen LogP contribution is -2.28. The van der Waals surface area contributed by atoms with E-state index in [1.54, 1.807) is 10.6 Å². The second-order valence-electron chi connectivity index (χ2n) is 7.14. The fraction of sp³-hybridized carbons (Fsp3) is 0.348. The number of thioether (sulfide) groups is 1. The molecule has 0 radical (unpaired) electrons. The number of anilines is 1. The van der Waals surface area contributed by atoms with Gasteiger partial charge in [0.1, 0.15) is 0 Å². The highest BCUT2D eigenvalue weighted by molar-refractivity contribution is 8.00. The second-order valence-corrected chi connectivity index (χ2v) is 8.45. The van der Waals surface area contributed by atoms with E-state index in [4.69, 9.17) is 4.98 Å². The van der Waals surface area contributed by atoms with Crippen molar-refractivity contribution in [3.63, 3.8) is 0 Å². The van der Waals surface area contributed by atoms with Gasteiger partial charge in [0.05, 0.1) is 16.2 Å². The Morgan fingerprint density at radius 1 is 1.10 bits per heavy atom. The van der Waals surface area contributed by atoms with Crippen LogP contribution in [0, 0.1) is 0 Å². The molecular formula is C23H27N3O2S. The summed E-state index contributed by atoms with van der Waals surface area (Å²) in [6.07, 6.45) is 1.76. The minimum Gasteiger partial charge on any atom is -0.325 e. The summed E-state index contributed by atoms with van der Waals surface area (Å²) in [5.74, 6) is -0.114. The fourth-order valence-electron chi connectivity index (χ4n) is 3.06. The smallest absolute Gasteiger partial charge is 0.262 e. The van der Waals surface area contributed by atoms with Gasteiger partial charge in [-0.15, -0.1) is 0 Å². The number of amides is 1. The Morgan fingerprint density at radius 2 is 1.79 bits per heavy atom. The molecule has 0 aliphatic carbocycles. The number of aryl methyl sites for hydroxylation is 1. The zero-order valence-corrected chi connectivity index (χ0v) is 18.1. The van der Waals surface area contributed by atoms with Crippen LogP contribution >= 0.6 is 11.8 Å². The van der Waals surface area contributed by atoms with E-state index in [2.05, 4.69) is 12.2 Å². The van der Waals surface area contributed by atoms with E-state index >= 15 is 0 Å². The van der Waals surface area contributed by atoms with Crippen molar-refractivity contribution in [3.8, 4) is 0 Å². The van der Waals surface area contributed by atoms with Crippen LogP contribution in [0.1, 0.15) is 45.7 Å². The highest BCUT2D eigenvalue weighted by Crippen LogP contribution is 2.26. The molecule has 3 rings (SSSR count). The van der Waals surface area contributed by atoms with Crippen LogP contribution in [0.4, 0.5) is 5.69 Å². The van der Waals surface area contributed by atoms with Crippen LogP contribution in [0.15, 0.2) is 58.5 Å². The number of aromatic nitrogens is 2. The Kier molecular flexibility index (Phi) is 6.75. The molecule has 29 heavy (non-hydrogen) atoms. The Balaban J connectivity index is 1.87. The molecule has 0 saturated carbocycles.